The lowest BCUT2D eigenvalue weighted by molar-refractivity contribution is 0.0910. The molecule has 2 amide bonds. The molecule has 1 heterocycles. The Morgan fingerprint density at radius 3 is 2.25 bits per heavy atom. The van der Waals surface area contributed by atoms with Crippen LogP contribution in [0.1, 0.15) is 20.9 Å². The fourth-order valence-electron chi connectivity index (χ4n) is 1.55. The molecule has 0 aliphatic heterocycles. The van der Waals surface area contributed by atoms with E-state index in [4.69, 9.17) is 16.0 Å². The molecule has 0 bridgehead atoms. The molecule has 0 unspecified atom stereocenters. The average Bonchev–Trinajstić information content (AvgIpc) is 2.98. The molecular formula is C14H13ClN2O3. The minimum absolute atomic E-state index is 0.214. The molecule has 0 saturated carbocycles. The fourth-order valence-corrected chi connectivity index (χ4v) is 1.68. The third-order valence-corrected chi connectivity index (χ3v) is 2.80. The topological polar surface area (TPSA) is 71.3 Å². The zero-order valence-corrected chi connectivity index (χ0v) is 11.3. The second-order valence-corrected chi connectivity index (χ2v) is 4.43. The van der Waals surface area contributed by atoms with Gasteiger partial charge in [-0.25, -0.2) is 0 Å². The van der Waals surface area contributed by atoms with E-state index in [0.29, 0.717) is 23.7 Å². The fraction of sp³-hybridized carbons (Fsp3) is 0.143. The Hall–Kier alpha value is -2.27. The van der Waals surface area contributed by atoms with E-state index in [1.165, 1.54) is 6.26 Å². The van der Waals surface area contributed by atoms with Crippen molar-refractivity contribution in [2.45, 2.75) is 0 Å². The van der Waals surface area contributed by atoms with Crippen LogP contribution in [0.5, 0.6) is 0 Å². The Kier molecular flexibility index (Phi) is 4.79. The van der Waals surface area contributed by atoms with E-state index in [0.717, 1.165) is 0 Å². The van der Waals surface area contributed by atoms with Gasteiger partial charge in [0.05, 0.1) is 6.26 Å². The van der Waals surface area contributed by atoms with E-state index in [9.17, 15) is 9.59 Å². The van der Waals surface area contributed by atoms with Gasteiger partial charge in [0, 0.05) is 23.7 Å². The highest BCUT2D eigenvalue weighted by Gasteiger charge is 2.08. The number of halogens is 1. The van der Waals surface area contributed by atoms with Crippen molar-refractivity contribution in [3.05, 3.63) is 59.0 Å². The number of carbonyl (C=O) groups excluding carboxylic acids is 2. The van der Waals surface area contributed by atoms with Gasteiger partial charge in [-0.15, -0.1) is 0 Å². The largest absolute Gasteiger partial charge is 0.459 e. The van der Waals surface area contributed by atoms with Crippen molar-refractivity contribution in [1.29, 1.82) is 0 Å². The van der Waals surface area contributed by atoms with Crippen LogP contribution in [-0.4, -0.2) is 24.9 Å². The second kappa shape index (κ2) is 6.77. The van der Waals surface area contributed by atoms with Gasteiger partial charge < -0.3 is 15.1 Å². The van der Waals surface area contributed by atoms with E-state index < -0.39 is 0 Å². The summed E-state index contributed by atoms with van der Waals surface area (Å²) in [5, 5.41) is 5.90. The van der Waals surface area contributed by atoms with E-state index in [-0.39, 0.29) is 17.6 Å². The van der Waals surface area contributed by atoms with Crippen LogP contribution in [0, 0.1) is 0 Å². The third-order valence-electron chi connectivity index (χ3n) is 2.55. The smallest absolute Gasteiger partial charge is 0.287 e. The first-order valence-electron chi connectivity index (χ1n) is 6.02. The van der Waals surface area contributed by atoms with Crippen LogP contribution in [0.15, 0.2) is 47.1 Å². The van der Waals surface area contributed by atoms with Gasteiger partial charge >= 0.3 is 0 Å². The predicted octanol–water partition coefficient (Wildman–Crippen LogP) is 2.09. The number of amides is 2. The van der Waals surface area contributed by atoms with E-state index in [2.05, 4.69) is 10.6 Å². The van der Waals surface area contributed by atoms with E-state index in [1.54, 1.807) is 36.4 Å². The molecule has 0 aliphatic rings. The quantitative estimate of drug-likeness (QED) is 0.829. The summed E-state index contributed by atoms with van der Waals surface area (Å²) in [5.41, 5.74) is 0.520. The Labute approximate surface area is 120 Å². The lowest BCUT2D eigenvalue weighted by Crippen LogP contribution is -2.34. The van der Waals surface area contributed by atoms with Gasteiger partial charge in [-0.3, -0.25) is 9.59 Å². The molecule has 5 nitrogen and oxygen atoms in total. The maximum absolute atomic E-state index is 11.7. The summed E-state index contributed by atoms with van der Waals surface area (Å²) in [5.74, 6) is -0.279. The van der Waals surface area contributed by atoms with Crippen LogP contribution in [0.2, 0.25) is 5.02 Å². The molecule has 1 aromatic carbocycles. The van der Waals surface area contributed by atoms with Gasteiger partial charge in [0.15, 0.2) is 5.76 Å². The molecule has 104 valence electrons. The summed E-state index contributed by atoms with van der Waals surface area (Å²) in [4.78, 5) is 23.3. The number of hydrogen-bond acceptors (Lipinski definition) is 3. The Morgan fingerprint density at radius 2 is 1.65 bits per heavy atom. The van der Waals surface area contributed by atoms with Crippen LogP contribution in [0.3, 0.4) is 0 Å². The number of hydrogen-bond donors (Lipinski definition) is 2. The van der Waals surface area contributed by atoms with Crippen molar-refractivity contribution in [1.82, 2.24) is 10.6 Å². The molecule has 0 aliphatic carbocycles. The van der Waals surface area contributed by atoms with Gasteiger partial charge in [0.1, 0.15) is 0 Å². The first kappa shape index (κ1) is 14.1. The molecule has 0 fully saturated rings. The van der Waals surface area contributed by atoms with Gasteiger partial charge in [0.2, 0.25) is 0 Å². The van der Waals surface area contributed by atoms with Crippen molar-refractivity contribution in [3.8, 4) is 0 Å². The molecule has 0 saturated heterocycles. The minimum atomic E-state index is -0.309. The zero-order chi connectivity index (χ0) is 14.4. The number of rotatable bonds is 5. The van der Waals surface area contributed by atoms with Crippen molar-refractivity contribution < 1.29 is 14.0 Å². The predicted molar refractivity (Wildman–Crippen MR) is 74.8 cm³/mol. The van der Waals surface area contributed by atoms with Crippen LogP contribution in [0.4, 0.5) is 0 Å². The van der Waals surface area contributed by atoms with Crippen LogP contribution >= 0.6 is 11.6 Å². The monoisotopic (exact) mass is 292 g/mol. The normalized spacial score (nSPS) is 10.1. The summed E-state index contributed by atoms with van der Waals surface area (Å²) in [6, 6.07) is 9.78. The molecule has 2 aromatic rings. The summed E-state index contributed by atoms with van der Waals surface area (Å²) in [7, 11) is 0. The summed E-state index contributed by atoms with van der Waals surface area (Å²) < 4.78 is 4.94. The van der Waals surface area contributed by atoms with Gasteiger partial charge in [0.25, 0.3) is 11.8 Å². The summed E-state index contributed by atoms with van der Waals surface area (Å²) >= 11 is 5.74. The molecule has 2 rings (SSSR count). The number of benzene rings is 1. The van der Waals surface area contributed by atoms with Crippen LogP contribution < -0.4 is 10.6 Å². The maximum Gasteiger partial charge on any atom is 0.287 e. The molecule has 0 atom stereocenters. The molecule has 6 heteroatoms. The lowest BCUT2D eigenvalue weighted by atomic mass is 10.2. The molecular weight excluding hydrogens is 280 g/mol. The minimum Gasteiger partial charge on any atom is -0.459 e. The van der Waals surface area contributed by atoms with Crippen molar-refractivity contribution in [2.24, 2.45) is 0 Å². The lowest BCUT2D eigenvalue weighted by Gasteiger charge is -2.06. The van der Waals surface area contributed by atoms with E-state index in [1.807, 2.05) is 0 Å². The highest BCUT2D eigenvalue weighted by molar-refractivity contribution is 6.30. The van der Waals surface area contributed by atoms with Crippen molar-refractivity contribution in [3.63, 3.8) is 0 Å². The van der Waals surface area contributed by atoms with Crippen molar-refractivity contribution in [2.75, 3.05) is 13.1 Å². The standard InChI is InChI=1S/C14H13ClN2O3/c15-11-5-3-10(4-6-11)13(18)16-7-8-17-14(19)12-2-1-9-20-12/h1-6,9H,7-8H2,(H,16,18)(H,17,19). The Morgan fingerprint density at radius 1 is 1.00 bits per heavy atom. The number of nitrogens with one attached hydrogen (secondary N) is 2. The Balaban J connectivity index is 1.72. The number of furan rings is 1. The van der Waals surface area contributed by atoms with Crippen LogP contribution in [0.25, 0.3) is 0 Å². The molecule has 0 spiro atoms. The molecule has 1 aromatic heterocycles. The highest BCUT2D eigenvalue weighted by Crippen LogP contribution is 2.09. The summed E-state index contributed by atoms with van der Waals surface area (Å²) in [6.45, 7) is 0.646. The molecule has 20 heavy (non-hydrogen) atoms. The van der Waals surface area contributed by atoms with Crippen molar-refractivity contribution >= 4 is 23.4 Å². The van der Waals surface area contributed by atoms with E-state index >= 15 is 0 Å². The highest BCUT2D eigenvalue weighted by atomic mass is 35.5. The molecule has 0 radical (unpaired) electrons. The van der Waals surface area contributed by atoms with Gasteiger partial charge in [-0.1, -0.05) is 11.6 Å². The summed E-state index contributed by atoms with van der Waals surface area (Å²) in [6.07, 6.45) is 1.43. The first-order valence-corrected chi connectivity index (χ1v) is 6.40. The number of carbonyl (C=O) groups is 2. The van der Waals surface area contributed by atoms with Gasteiger partial charge in [-0.2, -0.15) is 0 Å². The SMILES string of the molecule is O=C(NCCNC(=O)c1ccco1)c1ccc(Cl)cc1. The maximum atomic E-state index is 11.7. The second-order valence-electron chi connectivity index (χ2n) is 4.00. The average molecular weight is 293 g/mol. The first-order chi connectivity index (χ1) is 9.66. The van der Waals surface area contributed by atoms with Crippen LogP contribution in [-0.2, 0) is 0 Å². The Bertz CT molecular complexity index is 579. The molecule has 2 N–H and O–H groups in total. The van der Waals surface area contributed by atoms with Gasteiger partial charge in [-0.05, 0) is 36.4 Å². The third kappa shape index (κ3) is 3.86. The zero-order valence-electron chi connectivity index (χ0n) is 10.6.